The molecule has 2 rings (SSSR count). The van der Waals surface area contributed by atoms with E-state index in [1.165, 1.54) is 11.1 Å². The minimum Gasteiger partial charge on any atom is -0.508 e. The van der Waals surface area contributed by atoms with Gasteiger partial charge in [0.05, 0.1) is 0 Å². The number of rotatable bonds is 0. The molecule has 1 aliphatic rings. The Morgan fingerprint density at radius 3 is 2.67 bits per heavy atom. The molecule has 3 unspecified atom stereocenters. The third kappa shape index (κ3) is 2.00. The van der Waals surface area contributed by atoms with Gasteiger partial charge in [0, 0.05) is 6.04 Å². The van der Waals surface area contributed by atoms with Gasteiger partial charge in [-0.3, -0.25) is 0 Å². The Bertz CT molecular complexity index is 362. The minimum absolute atomic E-state index is 0.126. The molecule has 1 aliphatic carbocycles. The van der Waals surface area contributed by atoms with E-state index in [-0.39, 0.29) is 6.04 Å². The average Bonchev–Trinajstić information content (AvgIpc) is 2.25. The molecule has 0 spiro atoms. The van der Waals surface area contributed by atoms with E-state index in [9.17, 15) is 5.11 Å². The number of aromatic hydroxyl groups is 1. The lowest BCUT2D eigenvalue weighted by molar-refractivity contribution is 0.439. The van der Waals surface area contributed by atoms with E-state index in [2.05, 4.69) is 13.8 Å². The summed E-state index contributed by atoms with van der Waals surface area (Å²) in [6.45, 7) is 4.47. The molecule has 0 aromatic heterocycles. The highest BCUT2D eigenvalue weighted by atomic mass is 16.3. The molecule has 0 saturated carbocycles. The Morgan fingerprint density at radius 2 is 1.93 bits per heavy atom. The molecule has 3 atom stereocenters. The van der Waals surface area contributed by atoms with E-state index in [0.717, 1.165) is 12.8 Å². The van der Waals surface area contributed by atoms with Gasteiger partial charge in [0.2, 0.25) is 0 Å². The van der Waals surface area contributed by atoms with Crippen LogP contribution in [-0.4, -0.2) is 5.11 Å². The van der Waals surface area contributed by atoms with Crippen molar-refractivity contribution in [3.8, 4) is 5.75 Å². The second-order valence-corrected chi connectivity index (χ2v) is 4.90. The monoisotopic (exact) mass is 205 g/mol. The van der Waals surface area contributed by atoms with Gasteiger partial charge in [0.25, 0.3) is 0 Å². The second-order valence-electron chi connectivity index (χ2n) is 4.90. The molecule has 2 heteroatoms. The van der Waals surface area contributed by atoms with Gasteiger partial charge in [-0.1, -0.05) is 19.9 Å². The number of phenolic OH excluding ortho intramolecular Hbond substituents is 1. The molecule has 0 radical (unpaired) electrons. The molecule has 0 amide bonds. The highest BCUT2D eigenvalue weighted by molar-refractivity contribution is 5.39. The van der Waals surface area contributed by atoms with Gasteiger partial charge in [-0.15, -0.1) is 0 Å². The predicted molar refractivity (Wildman–Crippen MR) is 61.8 cm³/mol. The van der Waals surface area contributed by atoms with Crippen molar-refractivity contribution in [2.45, 2.75) is 38.6 Å². The highest BCUT2D eigenvalue weighted by Crippen LogP contribution is 2.38. The van der Waals surface area contributed by atoms with Crippen molar-refractivity contribution in [3.63, 3.8) is 0 Å². The van der Waals surface area contributed by atoms with Gasteiger partial charge in [-0.05, 0) is 47.9 Å². The summed E-state index contributed by atoms with van der Waals surface area (Å²) in [5.41, 5.74) is 8.61. The lowest BCUT2D eigenvalue weighted by atomic mass is 9.92. The zero-order valence-corrected chi connectivity index (χ0v) is 9.40. The van der Waals surface area contributed by atoms with Crippen molar-refractivity contribution in [2.24, 2.45) is 11.7 Å². The van der Waals surface area contributed by atoms with Crippen molar-refractivity contribution in [3.05, 3.63) is 29.3 Å². The summed E-state index contributed by atoms with van der Waals surface area (Å²) >= 11 is 0. The first-order chi connectivity index (χ1) is 7.08. The van der Waals surface area contributed by atoms with Crippen LogP contribution in [0.2, 0.25) is 0 Å². The average molecular weight is 205 g/mol. The van der Waals surface area contributed by atoms with Gasteiger partial charge in [-0.2, -0.15) is 0 Å². The Balaban J connectivity index is 2.46. The Kier molecular flexibility index (Phi) is 2.70. The predicted octanol–water partition coefficient (Wildman–Crippen LogP) is 2.93. The minimum atomic E-state index is 0.126. The van der Waals surface area contributed by atoms with Crippen LogP contribution in [0, 0.1) is 5.92 Å². The molecule has 0 bridgehead atoms. The van der Waals surface area contributed by atoms with Crippen LogP contribution in [0.3, 0.4) is 0 Å². The van der Waals surface area contributed by atoms with Crippen LogP contribution in [0.1, 0.15) is 49.8 Å². The smallest absolute Gasteiger partial charge is 0.115 e. The zero-order chi connectivity index (χ0) is 11.0. The molecule has 0 fully saturated rings. The first-order valence-corrected chi connectivity index (χ1v) is 5.66. The van der Waals surface area contributed by atoms with Crippen LogP contribution in [0.4, 0.5) is 0 Å². The van der Waals surface area contributed by atoms with E-state index in [0.29, 0.717) is 17.6 Å². The fourth-order valence-corrected chi connectivity index (χ4v) is 2.71. The summed E-state index contributed by atoms with van der Waals surface area (Å²) < 4.78 is 0. The van der Waals surface area contributed by atoms with Crippen molar-refractivity contribution in [1.29, 1.82) is 0 Å². The number of phenols is 1. The van der Waals surface area contributed by atoms with E-state index in [4.69, 9.17) is 5.73 Å². The number of nitrogens with two attached hydrogens (primary N) is 1. The molecule has 3 N–H and O–H groups in total. The fraction of sp³-hybridized carbons (Fsp3) is 0.538. The van der Waals surface area contributed by atoms with E-state index >= 15 is 0 Å². The highest BCUT2D eigenvalue weighted by Gasteiger charge is 2.24. The largest absolute Gasteiger partial charge is 0.508 e. The van der Waals surface area contributed by atoms with Crippen LogP contribution >= 0.6 is 0 Å². The number of benzene rings is 1. The molecule has 0 saturated heterocycles. The third-order valence-electron chi connectivity index (χ3n) is 3.41. The first kappa shape index (κ1) is 10.5. The second kappa shape index (κ2) is 3.86. The number of fused-ring (bicyclic) bond motifs is 1. The van der Waals surface area contributed by atoms with Crippen LogP contribution in [0.5, 0.6) is 5.75 Å². The number of hydrogen-bond donors (Lipinski definition) is 2. The van der Waals surface area contributed by atoms with Gasteiger partial charge in [0.1, 0.15) is 5.75 Å². The van der Waals surface area contributed by atoms with Gasteiger partial charge >= 0.3 is 0 Å². The Hall–Kier alpha value is -1.02. The lowest BCUT2D eigenvalue weighted by Crippen LogP contribution is -2.12. The fourth-order valence-electron chi connectivity index (χ4n) is 2.71. The SMILES string of the molecule is CC1CC(C)c2cc(O)ccc2C(N)C1. The quantitative estimate of drug-likeness (QED) is 0.640. The topological polar surface area (TPSA) is 46.2 Å². The van der Waals surface area contributed by atoms with Crippen molar-refractivity contribution < 1.29 is 5.11 Å². The van der Waals surface area contributed by atoms with E-state index in [1.54, 1.807) is 6.07 Å². The number of hydrogen-bond acceptors (Lipinski definition) is 2. The molecule has 1 aromatic rings. The summed E-state index contributed by atoms with van der Waals surface area (Å²) in [6.07, 6.45) is 2.20. The molecular formula is C13H19NO. The lowest BCUT2D eigenvalue weighted by Gasteiger charge is -2.15. The standard InChI is InChI=1S/C13H19NO/c1-8-5-9(2)12-7-10(15)3-4-11(12)13(14)6-8/h3-4,7-9,13,15H,5-6,14H2,1-2H3. The van der Waals surface area contributed by atoms with Crippen molar-refractivity contribution in [1.82, 2.24) is 0 Å². The molecular weight excluding hydrogens is 186 g/mol. The normalized spacial score (nSPS) is 30.7. The third-order valence-corrected chi connectivity index (χ3v) is 3.41. The first-order valence-electron chi connectivity index (χ1n) is 5.66. The summed E-state index contributed by atoms with van der Waals surface area (Å²) in [5, 5.41) is 9.51. The maximum Gasteiger partial charge on any atom is 0.115 e. The molecule has 2 nitrogen and oxygen atoms in total. The van der Waals surface area contributed by atoms with E-state index in [1.807, 2.05) is 12.1 Å². The molecule has 0 heterocycles. The summed E-state index contributed by atoms with van der Waals surface area (Å²) in [7, 11) is 0. The van der Waals surface area contributed by atoms with Gasteiger partial charge < -0.3 is 10.8 Å². The van der Waals surface area contributed by atoms with Gasteiger partial charge in [0.15, 0.2) is 0 Å². The van der Waals surface area contributed by atoms with Crippen LogP contribution in [0.25, 0.3) is 0 Å². The van der Waals surface area contributed by atoms with Crippen LogP contribution in [0.15, 0.2) is 18.2 Å². The molecule has 0 aliphatic heterocycles. The van der Waals surface area contributed by atoms with Crippen LogP contribution in [-0.2, 0) is 0 Å². The zero-order valence-electron chi connectivity index (χ0n) is 9.40. The Labute approximate surface area is 91.1 Å². The van der Waals surface area contributed by atoms with E-state index < -0.39 is 0 Å². The Morgan fingerprint density at radius 1 is 1.20 bits per heavy atom. The summed E-state index contributed by atoms with van der Waals surface area (Å²) in [6, 6.07) is 5.71. The van der Waals surface area contributed by atoms with Crippen molar-refractivity contribution >= 4 is 0 Å². The van der Waals surface area contributed by atoms with Crippen molar-refractivity contribution in [2.75, 3.05) is 0 Å². The van der Waals surface area contributed by atoms with Crippen LogP contribution < -0.4 is 5.73 Å². The van der Waals surface area contributed by atoms with Gasteiger partial charge in [-0.25, -0.2) is 0 Å². The summed E-state index contributed by atoms with van der Waals surface area (Å²) in [5.74, 6) is 1.50. The molecule has 82 valence electrons. The molecule has 15 heavy (non-hydrogen) atoms. The maximum absolute atomic E-state index is 9.51. The maximum atomic E-state index is 9.51. The molecule has 1 aromatic carbocycles. The summed E-state index contributed by atoms with van der Waals surface area (Å²) in [4.78, 5) is 0.